The summed E-state index contributed by atoms with van der Waals surface area (Å²) in [6.45, 7) is 3.61. The first-order valence-electron chi connectivity index (χ1n) is 6.46. The van der Waals surface area contributed by atoms with Crippen molar-refractivity contribution in [2.24, 2.45) is 5.10 Å². The lowest BCUT2D eigenvalue weighted by Crippen LogP contribution is -2.41. The van der Waals surface area contributed by atoms with Gasteiger partial charge in [0.1, 0.15) is 0 Å². The van der Waals surface area contributed by atoms with Crippen LogP contribution in [0, 0.1) is 10.1 Å². The first-order valence-corrected chi connectivity index (χ1v) is 6.46. The van der Waals surface area contributed by atoms with Gasteiger partial charge in [0.05, 0.1) is 11.1 Å². The zero-order chi connectivity index (χ0) is 16.7. The second-order valence-corrected chi connectivity index (χ2v) is 4.49. The van der Waals surface area contributed by atoms with E-state index in [2.05, 4.69) is 10.4 Å². The van der Waals surface area contributed by atoms with Crippen LogP contribution >= 0.6 is 0 Å². The third-order valence-corrected chi connectivity index (χ3v) is 2.77. The van der Waals surface area contributed by atoms with Crippen molar-refractivity contribution in [3.05, 3.63) is 33.9 Å². The first kappa shape index (κ1) is 17.1. The van der Waals surface area contributed by atoms with Gasteiger partial charge in [-0.25, -0.2) is 5.43 Å². The minimum atomic E-state index is -0.940. The van der Waals surface area contributed by atoms with Gasteiger partial charge in [0, 0.05) is 17.7 Å². The Labute approximate surface area is 126 Å². The van der Waals surface area contributed by atoms with Crippen molar-refractivity contribution in [2.75, 3.05) is 0 Å². The van der Waals surface area contributed by atoms with Crippen molar-refractivity contribution < 1.29 is 19.6 Å². The van der Waals surface area contributed by atoms with Crippen LogP contribution in [-0.4, -0.2) is 34.1 Å². The number of nitro benzene ring substituents is 1. The Morgan fingerprint density at radius 3 is 2.73 bits per heavy atom. The topological polar surface area (TPSA) is 134 Å². The number of phenols is 1. The quantitative estimate of drug-likeness (QED) is 0.318. The molecule has 0 saturated carbocycles. The Hall–Kier alpha value is -2.97. The molecule has 1 aromatic carbocycles. The van der Waals surface area contributed by atoms with Gasteiger partial charge in [-0.1, -0.05) is 6.92 Å². The van der Waals surface area contributed by atoms with Gasteiger partial charge in [-0.15, -0.1) is 0 Å². The lowest BCUT2D eigenvalue weighted by atomic mass is 10.2. The highest BCUT2D eigenvalue weighted by Gasteiger charge is 2.15. The SMILES string of the molecule is CC[C@H](C)NC(=O)C(=O)N/N=C\c1ccc(O)c([N+](=O)[O-])c1. The number of carbonyl (C=O) groups is 2. The number of phenolic OH excluding ortho intramolecular Hbond substituents is 1. The summed E-state index contributed by atoms with van der Waals surface area (Å²) in [4.78, 5) is 32.8. The van der Waals surface area contributed by atoms with Crippen LogP contribution in [-0.2, 0) is 9.59 Å². The molecule has 0 aromatic heterocycles. The lowest BCUT2D eigenvalue weighted by Gasteiger charge is -2.09. The van der Waals surface area contributed by atoms with Crippen molar-refractivity contribution in [3.8, 4) is 5.75 Å². The van der Waals surface area contributed by atoms with Crippen LogP contribution in [0.1, 0.15) is 25.8 Å². The van der Waals surface area contributed by atoms with Gasteiger partial charge in [0.15, 0.2) is 5.75 Å². The van der Waals surface area contributed by atoms with Gasteiger partial charge in [-0.05, 0) is 25.5 Å². The third-order valence-electron chi connectivity index (χ3n) is 2.77. The largest absolute Gasteiger partial charge is 0.502 e. The molecule has 0 heterocycles. The fourth-order valence-corrected chi connectivity index (χ4v) is 1.37. The Morgan fingerprint density at radius 1 is 1.45 bits per heavy atom. The molecular weight excluding hydrogens is 292 g/mol. The molecule has 3 N–H and O–H groups in total. The summed E-state index contributed by atoms with van der Waals surface area (Å²) in [5.74, 6) is -2.23. The number of amides is 2. The molecule has 0 spiro atoms. The van der Waals surface area contributed by atoms with Gasteiger partial charge in [0.2, 0.25) is 0 Å². The van der Waals surface area contributed by atoms with Gasteiger partial charge < -0.3 is 10.4 Å². The molecule has 2 amide bonds. The maximum absolute atomic E-state index is 11.4. The molecule has 1 aromatic rings. The van der Waals surface area contributed by atoms with Crippen molar-refractivity contribution >= 4 is 23.7 Å². The van der Waals surface area contributed by atoms with Gasteiger partial charge >= 0.3 is 17.5 Å². The fourth-order valence-electron chi connectivity index (χ4n) is 1.37. The summed E-state index contributed by atoms with van der Waals surface area (Å²) in [7, 11) is 0. The van der Waals surface area contributed by atoms with Gasteiger partial charge in [-0.2, -0.15) is 5.10 Å². The van der Waals surface area contributed by atoms with E-state index in [-0.39, 0.29) is 11.6 Å². The first-order chi connectivity index (χ1) is 10.3. The van der Waals surface area contributed by atoms with E-state index in [0.717, 1.165) is 18.3 Å². The molecule has 118 valence electrons. The van der Waals surface area contributed by atoms with E-state index < -0.39 is 28.2 Å². The molecule has 0 saturated heterocycles. The molecule has 0 bridgehead atoms. The standard InChI is InChI=1S/C13H16N4O5/c1-3-8(2)15-12(19)13(20)16-14-7-9-4-5-11(18)10(6-9)17(21)22/h4-8,18H,3H2,1-2H3,(H,15,19)(H,16,20)/b14-7-/t8-/m0/s1. The number of rotatable bonds is 5. The molecule has 1 atom stereocenters. The van der Waals surface area contributed by atoms with Crippen LogP contribution in [0.5, 0.6) is 5.75 Å². The molecule has 0 aliphatic carbocycles. The molecule has 0 aliphatic rings. The summed E-state index contributed by atoms with van der Waals surface area (Å²) < 4.78 is 0. The maximum Gasteiger partial charge on any atom is 0.329 e. The number of nitrogens with zero attached hydrogens (tertiary/aromatic N) is 2. The van der Waals surface area contributed by atoms with Crippen LogP contribution in [0.25, 0.3) is 0 Å². The number of aromatic hydroxyl groups is 1. The second-order valence-electron chi connectivity index (χ2n) is 4.49. The predicted molar refractivity (Wildman–Crippen MR) is 78.4 cm³/mol. The lowest BCUT2D eigenvalue weighted by molar-refractivity contribution is -0.385. The Balaban J connectivity index is 2.66. The fraction of sp³-hybridized carbons (Fsp3) is 0.308. The average Bonchev–Trinajstić information content (AvgIpc) is 2.48. The van der Waals surface area contributed by atoms with E-state index in [4.69, 9.17) is 0 Å². The van der Waals surface area contributed by atoms with E-state index in [0.29, 0.717) is 6.42 Å². The smallest absolute Gasteiger partial charge is 0.329 e. The van der Waals surface area contributed by atoms with Crippen LogP contribution in [0.15, 0.2) is 23.3 Å². The van der Waals surface area contributed by atoms with E-state index in [1.807, 2.05) is 12.3 Å². The van der Waals surface area contributed by atoms with Crippen molar-refractivity contribution in [1.82, 2.24) is 10.7 Å². The Bertz CT molecular complexity index is 614. The second kappa shape index (κ2) is 7.72. The van der Waals surface area contributed by atoms with E-state index >= 15 is 0 Å². The molecular formula is C13H16N4O5. The average molecular weight is 308 g/mol. The summed E-state index contributed by atoms with van der Waals surface area (Å²) in [6, 6.07) is 3.46. The third kappa shape index (κ3) is 4.85. The number of hydrazone groups is 1. The van der Waals surface area contributed by atoms with Crippen LogP contribution < -0.4 is 10.7 Å². The van der Waals surface area contributed by atoms with Crippen LogP contribution in [0.2, 0.25) is 0 Å². The number of nitro groups is 1. The molecule has 1 rings (SSSR count). The predicted octanol–water partition coefficient (Wildman–Crippen LogP) is 0.665. The van der Waals surface area contributed by atoms with Crippen molar-refractivity contribution in [3.63, 3.8) is 0 Å². The van der Waals surface area contributed by atoms with Crippen molar-refractivity contribution in [1.29, 1.82) is 0 Å². The zero-order valence-electron chi connectivity index (χ0n) is 12.1. The van der Waals surface area contributed by atoms with Crippen molar-refractivity contribution in [2.45, 2.75) is 26.3 Å². The number of hydrogen-bond acceptors (Lipinski definition) is 6. The number of nitrogens with one attached hydrogen (secondary N) is 2. The monoisotopic (exact) mass is 308 g/mol. The highest BCUT2D eigenvalue weighted by Crippen LogP contribution is 2.25. The summed E-state index contributed by atoms with van der Waals surface area (Å²) in [6.07, 6.45) is 1.81. The molecule has 9 heteroatoms. The molecule has 0 fully saturated rings. The summed E-state index contributed by atoms with van der Waals surface area (Å²) in [5.41, 5.74) is 1.81. The highest BCUT2D eigenvalue weighted by atomic mass is 16.6. The summed E-state index contributed by atoms with van der Waals surface area (Å²) >= 11 is 0. The molecule has 0 unspecified atom stereocenters. The Kier molecular flexibility index (Phi) is 5.99. The molecule has 22 heavy (non-hydrogen) atoms. The minimum absolute atomic E-state index is 0.137. The zero-order valence-corrected chi connectivity index (χ0v) is 12.1. The number of carbonyl (C=O) groups excluding carboxylic acids is 2. The van der Waals surface area contributed by atoms with Gasteiger partial charge in [-0.3, -0.25) is 19.7 Å². The normalized spacial score (nSPS) is 11.9. The highest BCUT2D eigenvalue weighted by molar-refractivity contribution is 6.35. The molecule has 0 aliphatic heterocycles. The van der Waals surface area contributed by atoms with E-state index in [1.165, 1.54) is 6.07 Å². The van der Waals surface area contributed by atoms with Crippen LogP contribution in [0.3, 0.4) is 0 Å². The minimum Gasteiger partial charge on any atom is -0.502 e. The van der Waals surface area contributed by atoms with Crippen LogP contribution in [0.4, 0.5) is 5.69 Å². The summed E-state index contributed by atoms with van der Waals surface area (Å²) in [5, 5.41) is 25.9. The van der Waals surface area contributed by atoms with Gasteiger partial charge in [0.25, 0.3) is 0 Å². The number of hydrogen-bond donors (Lipinski definition) is 3. The van der Waals surface area contributed by atoms with E-state index in [1.54, 1.807) is 6.92 Å². The molecule has 0 radical (unpaired) electrons. The Morgan fingerprint density at radius 2 is 2.14 bits per heavy atom. The maximum atomic E-state index is 11.4. The number of benzene rings is 1. The molecule has 9 nitrogen and oxygen atoms in total. The van der Waals surface area contributed by atoms with E-state index in [9.17, 15) is 24.8 Å².